The standard InChI is InChI=1S/C27H14F4N4.Pt/c28-23-14-12-17(26(30)34-23)19-8-4-10-21(32-19)25(16-6-2-1-3-7-16)22-11-5-9-20(33-22)18-13-15-24(29)35-27(18)31;/h1-11,14-15,25H;/q-2;+2. The molecule has 0 aliphatic carbocycles. The molecule has 0 atom stereocenters. The largest absolute Gasteiger partial charge is 2.00 e. The summed E-state index contributed by atoms with van der Waals surface area (Å²) in [6.07, 6.45) is 0. The fraction of sp³-hybridized carbons (Fsp3) is 0.0370. The molecule has 36 heavy (non-hydrogen) atoms. The summed E-state index contributed by atoms with van der Waals surface area (Å²) < 4.78 is 55.2. The van der Waals surface area contributed by atoms with Gasteiger partial charge in [0.15, 0.2) is 0 Å². The second kappa shape index (κ2) is 10.9. The summed E-state index contributed by atoms with van der Waals surface area (Å²) in [5.74, 6) is -4.54. The van der Waals surface area contributed by atoms with Crippen LogP contribution in [0.4, 0.5) is 17.6 Å². The van der Waals surface area contributed by atoms with Gasteiger partial charge in [-0.05, 0) is 29.1 Å². The van der Waals surface area contributed by atoms with Crippen molar-refractivity contribution >= 4 is 0 Å². The smallest absolute Gasteiger partial charge is 0.300 e. The van der Waals surface area contributed by atoms with Crippen LogP contribution in [0.1, 0.15) is 22.9 Å². The van der Waals surface area contributed by atoms with E-state index in [0.29, 0.717) is 11.4 Å². The number of rotatable bonds is 5. The average Bonchev–Trinajstić information content (AvgIpc) is 2.85. The van der Waals surface area contributed by atoms with Crippen LogP contribution in [0.15, 0.2) is 78.9 Å². The fourth-order valence-electron chi connectivity index (χ4n) is 3.75. The van der Waals surface area contributed by atoms with Crippen molar-refractivity contribution in [1.82, 2.24) is 19.9 Å². The zero-order valence-electron chi connectivity index (χ0n) is 18.2. The van der Waals surface area contributed by atoms with Gasteiger partial charge in [0.2, 0.25) is 0 Å². The second-order valence-corrected chi connectivity index (χ2v) is 7.52. The Morgan fingerprint density at radius 1 is 0.556 bits per heavy atom. The number of hydrogen-bond acceptors (Lipinski definition) is 4. The van der Waals surface area contributed by atoms with Crippen molar-refractivity contribution < 1.29 is 38.6 Å². The third-order valence-corrected chi connectivity index (χ3v) is 5.27. The number of halogens is 4. The number of benzene rings is 1. The molecule has 4 heterocycles. The molecule has 5 aromatic rings. The number of aromatic nitrogens is 4. The molecule has 0 saturated carbocycles. The minimum Gasteiger partial charge on any atom is -0.300 e. The van der Waals surface area contributed by atoms with Gasteiger partial charge in [0.25, 0.3) is 0 Å². The van der Waals surface area contributed by atoms with Crippen LogP contribution in [-0.2, 0) is 21.1 Å². The molecule has 180 valence electrons. The van der Waals surface area contributed by atoms with Crippen LogP contribution in [0, 0.1) is 35.9 Å². The molecule has 4 aromatic heterocycles. The SMILES string of the molecule is Fc1c[c-]c(-c2cccc(C(c3ccccc3)c3cccc(-c4[c-]cc(F)nc4F)n3)n2)c(F)n1.[Pt+2]. The molecular weight excluding hydrogens is 651 g/mol. The third-order valence-electron chi connectivity index (χ3n) is 5.27. The minimum atomic E-state index is -1.03. The van der Waals surface area contributed by atoms with Crippen LogP contribution >= 0.6 is 0 Å². The Labute approximate surface area is 218 Å². The van der Waals surface area contributed by atoms with Crippen LogP contribution in [0.3, 0.4) is 0 Å². The molecule has 0 unspecified atom stereocenters. The van der Waals surface area contributed by atoms with E-state index in [0.717, 1.165) is 17.7 Å². The first kappa shape index (κ1) is 25.3. The van der Waals surface area contributed by atoms with E-state index in [1.54, 1.807) is 36.4 Å². The molecule has 0 fully saturated rings. The van der Waals surface area contributed by atoms with Gasteiger partial charge in [-0.15, -0.1) is 12.1 Å². The van der Waals surface area contributed by atoms with Gasteiger partial charge in [-0.1, -0.05) is 77.9 Å². The maximum absolute atomic E-state index is 14.3. The summed E-state index contributed by atoms with van der Waals surface area (Å²) in [7, 11) is 0. The van der Waals surface area contributed by atoms with Gasteiger partial charge in [0, 0.05) is 11.4 Å². The van der Waals surface area contributed by atoms with E-state index in [-0.39, 0.29) is 43.6 Å². The first-order valence-corrected chi connectivity index (χ1v) is 10.5. The predicted molar refractivity (Wildman–Crippen MR) is 120 cm³/mol. The molecule has 0 N–H and O–H groups in total. The molecule has 0 amide bonds. The molecule has 0 bridgehead atoms. The molecule has 0 aliphatic rings. The molecular formula is C27H14F4N4Pt. The molecule has 9 heteroatoms. The van der Waals surface area contributed by atoms with E-state index >= 15 is 0 Å². The van der Waals surface area contributed by atoms with E-state index in [9.17, 15) is 17.6 Å². The molecule has 0 saturated heterocycles. The van der Waals surface area contributed by atoms with Gasteiger partial charge in [-0.2, -0.15) is 0 Å². The molecule has 0 spiro atoms. The maximum atomic E-state index is 14.3. The monoisotopic (exact) mass is 665 g/mol. The van der Waals surface area contributed by atoms with E-state index < -0.39 is 29.7 Å². The zero-order chi connectivity index (χ0) is 24.4. The summed E-state index contributed by atoms with van der Waals surface area (Å²) >= 11 is 0. The van der Waals surface area contributed by atoms with Gasteiger partial charge in [-0.3, -0.25) is 9.97 Å². The third kappa shape index (κ3) is 5.24. The van der Waals surface area contributed by atoms with Crippen molar-refractivity contribution in [2.24, 2.45) is 0 Å². The Balaban J connectivity index is 0.00000304. The zero-order valence-corrected chi connectivity index (χ0v) is 20.5. The normalized spacial score (nSPS) is 10.8. The first-order valence-electron chi connectivity index (χ1n) is 10.5. The van der Waals surface area contributed by atoms with Crippen molar-refractivity contribution in [3.05, 3.63) is 132 Å². The van der Waals surface area contributed by atoms with E-state index in [2.05, 4.69) is 32.1 Å². The van der Waals surface area contributed by atoms with E-state index in [4.69, 9.17) is 0 Å². The van der Waals surface area contributed by atoms with Gasteiger partial charge < -0.3 is 9.97 Å². The number of hydrogen-bond donors (Lipinski definition) is 0. The van der Waals surface area contributed by atoms with Crippen molar-refractivity contribution in [3.8, 4) is 22.5 Å². The van der Waals surface area contributed by atoms with Gasteiger partial charge in [-0.25, -0.2) is 17.6 Å². The quantitative estimate of drug-likeness (QED) is 0.133. The van der Waals surface area contributed by atoms with Crippen LogP contribution in [0.5, 0.6) is 0 Å². The van der Waals surface area contributed by atoms with Crippen molar-refractivity contribution in [2.75, 3.05) is 0 Å². The Kier molecular flexibility index (Phi) is 7.65. The van der Waals surface area contributed by atoms with Crippen LogP contribution < -0.4 is 0 Å². The Morgan fingerprint density at radius 3 is 1.47 bits per heavy atom. The topological polar surface area (TPSA) is 51.6 Å². The first-order chi connectivity index (χ1) is 17.0. The molecule has 0 radical (unpaired) electrons. The Hall–Kier alpha value is -3.77. The van der Waals surface area contributed by atoms with Crippen molar-refractivity contribution in [2.45, 2.75) is 5.92 Å². The average molecular weight is 666 g/mol. The van der Waals surface area contributed by atoms with E-state index in [1.165, 1.54) is 0 Å². The van der Waals surface area contributed by atoms with Gasteiger partial charge >= 0.3 is 21.1 Å². The maximum Gasteiger partial charge on any atom is 2.00 e. The van der Waals surface area contributed by atoms with E-state index in [1.807, 2.05) is 30.3 Å². The Bertz CT molecular complexity index is 1420. The van der Waals surface area contributed by atoms with Crippen molar-refractivity contribution in [3.63, 3.8) is 0 Å². The summed E-state index contributed by atoms with van der Waals surface area (Å²) in [5.41, 5.74) is 2.13. The molecule has 0 aliphatic heterocycles. The van der Waals surface area contributed by atoms with Gasteiger partial charge in [0.05, 0.1) is 5.92 Å². The van der Waals surface area contributed by atoms with Crippen molar-refractivity contribution in [1.29, 1.82) is 0 Å². The summed E-state index contributed by atoms with van der Waals surface area (Å²) in [4.78, 5) is 15.6. The number of pyridine rings is 4. The molecule has 5 rings (SSSR count). The fourth-order valence-corrected chi connectivity index (χ4v) is 3.75. The summed E-state index contributed by atoms with van der Waals surface area (Å²) in [6.45, 7) is 0. The predicted octanol–water partition coefficient (Wildman–Crippen LogP) is 5.94. The molecule has 1 aromatic carbocycles. The molecule has 4 nitrogen and oxygen atoms in total. The second-order valence-electron chi connectivity index (χ2n) is 7.52. The number of nitrogens with zero attached hydrogens (tertiary/aromatic N) is 4. The summed E-state index contributed by atoms with van der Waals surface area (Å²) in [6, 6.07) is 26.3. The van der Waals surface area contributed by atoms with Gasteiger partial charge in [0.1, 0.15) is 23.8 Å². The van der Waals surface area contributed by atoms with Crippen LogP contribution in [-0.4, -0.2) is 19.9 Å². The van der Waals surface area contributed by atoms with Crippen LogP contribution in [0.2, 0.25) is 0 Å². The Morgan fingerprint density at radius 2 is 1.03 bits per heavy atom. The summed E-state index contributed by atoms with van der Waals surface area (Å²) in [5, 5.41) is 0. The van der Waals surface area contributed by atoms with Crippen LogP contribution in [0.25, 0.3) is 22.5 Å². The minimum absolute atomic E-state index is 0.